The van der Waals surface area contributed by atoms with E-state index in [9.17, 15) is 9.59 Å². The number of nitrogens with zero attached hydrogens (tertiary/aromatic N) is 3. The number of rotatable bonds is 6. The predicted octanol–water partition coefficient (Wildman–Crippen LogP) is 4.12. The van der Waals surface area contributed by atoms with Gasteiger partial charge in [0.15, 0.2) is 5.16 Å². The maximum atomic E-state index is 12.9. The Labute approximate surface area is 169 Å². The van der Waals surface area contributed by atoms with E-state index in [1.54, 1.807) is 22.6 Å². The Kier molecular flexibility index (Phi) is 6.19. The first-order chi connectivity index (χ1) is 13.4. The van der Waals surface area contributed by atoms with Gasteiger partial charge in [-0.1, -0.05) is 49.9 Å². The van der Waals surface area contributed by atoms with Crippen LogP contribution in [0.25, 0.3) is 10.9 Å². The number of carbonyl (C=O) groups is 1. The minimum atomic E-state index is -0.0544. The number of hydrogen-bond donors (Lipinski definition) is 0. The first-order valence-corrected chi connectivity index (χ1v) is 10.3. The zero-order valence-electron chi connectivity index (χ0n) is 16.7. The Balaban J connectivity index is 1.86. The third-order valence-electron chi connectivity index (χ3n) is 4.46. The van der Waals surface area contributed by atoms with Crippen molar-refractivity contribution >= 4 is 34.3 Å². The van der Waals surface area contributed by atoms with Gasteiger partial charge in [-0.25, -0.2) is 4.98 Å². The van der Waals surface area contributed by atoms with Crippen LogP contribution in [0.15, 0.2) is 58.5 Å². The molecule has 3 rings (SSSR count). The van der Waals surface area contributed by atoms with Gasteiger partial charge in [0.2, 0.25) is 5.91 Å². The van der Waals surface area contributed by atoms with Crippen LogP contribution in [0.3, 0.4) is 0 Å². The van der Waals surface area contributed by atoms with Crippen LogP contribution in [0.5, 0.6) is 0 Å². The van der Waals surface area contributed by atoms with E-state index in [1.807, 2.05) is 49.4 Å². The molecule has 28 heavy (non-hydrogen) atoms. The van der Waals surface area contributed by atoms with E-state index in [1.165, 1.54) is 11.8 Å². The molecule has 0 bridgehead atoms. The highest BCUT2D eigenvalue weighted by Crippen LogP contribution is 2.21. The van der Waals surface area contributed by atoms with Crippen LogP contribution < -0.4 is 10.5 Å². The van der Waals surface area contributed by atoms with Gasteiger partial charge in [-0.15, -0.1) is 0 Å². The Hall–Kier alpha value is -2.60. The smallest absolute Gasteiger partial charge is 0.262 e. The average molecular weight is 396 g/mol. The zero-order valence-corrected chi connectivity index (χ0v) is 17.5. The summed E-state index contributed by atoms with van der Waals surface area (Å²) in [5, 5.41) is 1.19. The standard InChI is InChI=1S/C22H25N3O2S/c1-15(2)13-25-21(27)18-10-5-6-11-19(18)23-22(25)28-14-20(26)24(4)17-9-7-8-16(3)12-17/h5-12,15H,13-14H2,1-4H3. The first kappa shape index (κ1) is 20.1. The van der Waals surface area contributed by atoms with Gasteiger partial charge in [-0.05, 0) is 42.7 Å². The maximum absolute atomic E-state index is 12.9. The van der Waals surface area contributed by atoms with Gasteiger partial charge in [0.1, 0.15) is 0 Å². The Bertz CT molecular complexity index is 1060. The lowest BCUT2D eigenvalue weighted by atomic mass is 10.2. The molecule has 2 aromatic carbocycles. The molecule has 0 atom stereocenters. The highest BCUT2D eigenvalue weighted by Gasteiger charge is 2.16. The van der Waals surface area contributed by atoms with Crippen molar-refractivity contribution in [2.75, 3.05) is 17.7 Å². The van der Waals surface area contributed by atoms with Gasteiger partial charge >= 0.3 is 0 Å². The van der Waals surface area contributed by atoms with Gasteiger partial charge in [-0.3, -0.25) is 14.2 Å². The largest absolute Gasteiger partial charge is 0.315 e. The highest BCUT2D eigenvalue weighted by atomic mass is 32.2. The molecule has 0 spiro atoms. The number of amides is 1. The van der Waals surface area contributed by atoms with Crippen molar-refractivity contribution in [3.05, 3.63) is 64.4 Å². The van der Waals surface area contributed by atoms with Crippen LogP contribution in [0.1, 0.15) is 19.4 Å². The molecule has 0 fully saturated rings. The minimum absolute atomic E-state index is 0.0332. The molecule has 3 aromatic rings. The Morgan fingerprint density at radius 2 is 1.93 bits per heavy atom. The molecule has 6 heteroatoms. The number of hydrogen-bond acceptors (Lipinski definition) is 4. The quantitative estimate of drug-likeness (QED) is 0.465. The molecule has 0 saturated heterocycles. The first-order valence-electron chi connectivity index (χ1n) is 9.32. The monoisotopic (exact) mass is 395 g/mol. The fourth-order valence-electron chi connectivity index (χ4n) is 2.99. The zero-order chi connectivity index (χ0) is 20.3. The number of fused-ring (bicyclic) bond motifs is 1. The summed E-state index contributed by atoms with van der Waals surface area (Å²) in [5.41, 5.74) is 2.57. The molecule has 0 aliphatic carbocycles. The third kappa shape index (κ3) is 4.44. The fourth-order valence-corrected chi connectivity index (χ4v) is 3.91. The predicted molar refractivity (Wildman–Crippen MR) is 116 cm³/mol. The molecule has 1 aromatic heterocycles. The summed E-state index contributed by atoms with van der Waals surface area (Å²) in [6.45, 7) is 6.70. The molecule has 1 amide bonds. The van der Waals surface area contributed by atoms with Crippen molar-refractivity contribution in [3.8, 4) is 0 Å². The van der Waals surface area contributed by atoms with Crippen molar-refractivity contribution in [2.24, 2.45) is 5.92 Å². The van der Waals surface area contributed by atoms with Crippen molar-refractivity contribution in [3.63, 3.8) is 0 Å². The van der Waals surface area contributed by atoms with E-state index in [0.717, 1.165) is 11.3 Å². The molecule has 0 radical (unpaired) electrons. The topological polar surface area (TPSA) is 55.2 Å². The molecule has 146 valence electrons. The van der Waals surface area contributed by atoms with Crippen molar-refractivity contribution in [2.45, 2.75) is 32.5 Å². The number of aromatic nitrogens is 2. The summed E-state index contributed by atoms with van der Waals surface area (Å²) in [7, 11) is 1.77. The van der Waals surface area contributed by atoms with Crippen LogP contribution in [-0.2, 0) is 11.3 Å². The lowest BCUT2D eigenvalue weighted by molar-refractivity contribution is -0.115. The normalized spacial score (nSPS) is 11.2. The summed E-state index contributed by atoms with van der Waals surface area (Å²) in [5.74, 6) is 0.479. The number of thioether (sulfide) groups is 1. The summed E-state index contributed by atoms with van der Waals surface area (Å²) < 4.78 is 1.69. The lowest BCUT2D eigenvalue weighted by Gasteiger charge is -2.19. The van der Waals surface area contributed by atoms with Crippen molar-refractivity contribution in [1.29, 1.82) is 0 Å². The van der Waals surface area contributed by atoms with Crippen molar-refractivity contribution in [1.82, 2.24) is 9.55 Å². The second-order valence-corrected chi connectivity index (χ2v) is 8.24. The minimum Gasteiger partial charge on any atom is -0.315 e. The van der Waals surface area contributed by atoms with Gasteiger partial charge in [0.05, 0.1) is 16.7 Å². The maximum Gasteiger partial charge on any atom is 0.262 e. The van der Waals surface area contributed by atoms with E-state index in [2.05, 4.69) is 18.8 Å². The number of para-hydroxylation sites is 1. The summed E-state index contributed by atoms with van der Waals surface area (Å²) in [6, 6.07) is 15.2. The molecule has 1 heterocycles. The third-order valence-corrected chi connectivity index (χ3v) is 5.42. The second kappa shape index (κ2) is 8.61. The summed E-state index contributed by atoms with van der Waals surface area (Å²) in [4.78, 5) is 31.9. The van der Waals surface area contributed by atoms with E-state index in [0.29, 0.717) is 28.5 Å². The Morgan fingerprint density at radius 1 is 1.18 bits per heavy atom. The van der Waals surface area contributed by atoms with E-state index in [-0.39, 0.29) is 17.2 Å². The van der Waals surface area contributed by atoms with Crippen LogP contribution in [0, 0.1) is 12.8 Å². The van der Waals surface area contributed by atoms with Crippen molar-refractivity contribution < 1.29 is 4.79 Å². The SMILES string of the molecule is Cc1cccc(N(C)C(=O)CSc2nc3ccccc3c(=O)n2CC(C)C)c1. The number of carbonyl (C=O) groups excluding carboxylic acids is 1. The molecule has 0 saturated carbocycles. The molecule has 5 nitrogen and oxygen atoms in total. The molecule has 0 aliphatic rings. The van der Waals surface area contributed by atoms with Crippen LogP contribution in [-0.4, -0.2) is 28.3 Å². The van der Waals surface area contributed by atoms with E-state index >= 15 is 0 Å². The fraction of sp³-hybridized carbons (Fsp3) is 0.318. The van der Waals surface area contributed by atoms with E-state index < -0.39 is 0 Å². The molecule has 0 N–H and O–H groups in total. The molecule has 0 aliphatic heterocycles. The van der Waals surface area contributed by atoms with Crippen LogP contribution >= 0.6 is 11.8 Å². The highest BCUT2D eigenvalue weighted by molar-refractivity contribution is 7.99. The number of benzene rings is 2. The van der Waals surface area contributed by atoms with Gasteiger partial charge in [-0.2, -0.15) is 0 Å². The molecule has 0 unspecified atom stereocenters. The summed E-state index contributed by atoms with van der Waals surface area (Å²) in [6.07, 6.45) is 0. The van der Waals surface area contributed by atoms with Crippen LogP contribution in [0.2, 0.25) is 0 Å². The average Bonchev–Trinajstić information content (AvgIpc) is 2.67. The second-order valence-electron chi connectivity index (χ2n) is 7.30. The van der Waals surface area contributed by atoms with Gasteiger partial charge in [0, 0.05) is 19.3 Å². The van der Waals surface area contributed by atoms with E-state index in [4.69, 9.17) is 0 Å². The summed E-state index contributed by atoms with van der Waals surface area (Å²) >= 11 is 1.31. The van der Waals surface area contributed by atoms with Gasteiger partial charge < -0.3 is 4.90 Å². The molecular formula is C22H25N3O2S. The number of aryl methyl sites for hydroxylation is 1. The van der Waals surface area contributed by atoms with Gasteiger partial charge in [0.25, 0.3) is 5.56 Å². The molecular weight excluding hydrogens is 370 g/mol. The Morgan fingerprint density at radius 3 is 2.64 bits per heavy atom. The van der Waals surface area contributed by atoms with Crippen LogP contribution in [0.4, 0.5) is 5.69 Å². The number of anilines is 1. The lowest BCUT2D eigenvalue weighted by Crippen LogP contribution is -2.29.